The number of nitrogens with two attached hydrogens (primary N) is 2. The van der Waals surface area contributed by atoms with Gasteiger partial charge in [0.15, 0.2) is 11.6 Å². The molecule has 9 heteroatoms. The summed E-state index contributed by atoms with van der Waals surface area (Å²) in [5.74, 6) is 0.804. The predicted octanol–water partition coefficient (Wildman–Crippen LogP) is 1.34. The number of aromatic nitrogens is 4. The monoisotopic (exact) mass is 366 g/mol. The van der Waals surface area contributed by atoms with Crippen LogP contribution in [0, 0.1) is 0 Å². The van der Waals surface area contributed by atoms with E-state index in [1.165, 1.54) is 6.20 Å². The number of hydrogen-bond donors (Lipinski definition) is 3. The lowest BCUT2D eigenvalue weighted by Crippen LogP contribution is -2.09. The smallest absolute Gasteiger partial charge is 0.169 e. The number of allylic oxidation sites excluding steroid dienone is 1. The molecule has 0 radical (unpaired) electrons. The molecule has 9 nitrogen and oxygen atoms in total. The number of anilines is 2. The topological polar surface area (TPSA) is 129 Å². The van der Waals surface area contributed by atoms with E-state index in [1.54, 1.807) is 25.7 Å². The van der Waals surface area contributed by atoms with Gasteiger partial charge < -0.3 is 25.9 Å². The summed E-state index contributed by atoms with van der Waals surface area (Å²) in [5, 5.41) is 3.22. The zero-order valence-electron chi connectivity index (χ0n) is 15.0. The van der Waals surface area contributed by atoms with Gasteiger partial charge in [-0.1, -0.05) is 6.07 Å². The Bertz CT molecular complexity index is 963. The fourth-order valence-electron chi connectivity index (χ4n) is 2.43. The standard InChI is InChI=1S/C18H22N8O/c1-27-7-5-21-10-14(8-19)15-11-23-17(20)18(25-15)24-9-13-2-3-16-22-4-6-26(16)12-13/h2-4,6,8,10-12H,5,7,9,19H2,1H3,(H2,20,23)(H,24,25). The highest BCUT2D eigenvalue weighted by atomic mass is 16.5. The van der Waals surface area contributed by atoms with Gasteiger partial charge in [0, 0.05) is 50.2 Å². The third-order valence-electron chi connectivity index (χ3n) is 3.84. The number of methoxy groups -OCH3 is 1. The molecule has 27 heavy (non-hydrogen) atoms. The van der Waals surface area contributed by atoms with Crippen LogP contribution in [0.2, 0.25) is 0 Å². The molecule has 3 aromatic heterocycles. The molecule has 0 bridgehead atoms. The Labute approximate surface area is 156 Å². The van der Waals surface area contributed by atoms with Crippen LogP contribution in [0.1, 0.15) is 11.3 Å². The zero-order chi connectivity index (χ0) is 19.1. The number of pyridine rings is 1. The number of aliphatic imine (C=N–C) groups is 1. The molecule has 0 aromatic carbocycles. The zero-order valence-corrected chi connectivity index (χ0v) is 15.0. The largest absolute Gasteiger partial charge is 0.404 e. The van der Waals surface area contributed by atoms with Crippen LogP contribution in [-0.2, 0) is 11.3 Å². The van der Waals surface area contributed by atoms with Crippen molar-refractivity contribution >= 4 is 29.1 Å². The Hall–Kier alpha value is -3.46. The van der Waals surface area contributed by atoms with Crippen molar-refractivity contribution in [3.63, 3.8) is 0 Å². The van der Waals surface area contributed by atoms with E-state index in [0.717, 1.165) is 11.2 Å². The molecule has 0 fully saturated rings. The first-order valence-electron chi connectivity index (χ1n) is 8.40. The van der Waals surface area contributed by atoms with Crippen LogP contribution in [0.4, 0.5) is 11.6 Å². The minimum Gasteiger partial charge on any atom is -0.404 e. The van der Waals surface area contributed by atoms with Crippen molar-refractivity contribution in [1.29, 1.82) is 0 Å². The second-order valence-electron chi connectivity index (χ2n) is 5.72. The molecular formula is C18H22N8O. The molecule has 0 amide bonds. The van der Waals surface area contributed by atoms with Gasteiger partial charge in [-0.3, -0.25) is 4.99 Å². The highest BCUT2D eigenvalue weighted by Gasteiger charge is 2.08. The summed E-state index contributed by atoms with van der Waals surface area (Å²) in [6.45, 7) is 1.62. The number of nitrogens with one attached hydrogen (secondary N) is 1. The second kappa shape index (κ2) is 8.77. The van der Waals surface area contributed by atoms with Crippen molar-refractivity contribution in [2.24, 2.45) is 10.7 Å². The molecule has 5 N–H and O–H groups in total. The van der Waals surface area contributed by atoms with Gasteiger partial charge in [0.05, 0.1) is 25.0 Å². The molecule has 3 rings (SSSR count). The molecule has 0 saturated carbocycles. The molecule has 0 spiro atoms. The van der Waals surface area contributed by atoms with Gasteiger partial charge in [-0.25, -0.2) is 15.0 Å². The average Bonchev–Trinajstić information content (AvgIpc) is 3.15. The maximum Gasteiger partial charge on any atom is 0.169 e. The van der Waals surface area contributed by atoms with E-state index in [2.05, 4.69) is 25.3 Å². The van der Waals surface area contributed by atoms with E-state index in [4.69, 9.17) is 16.2 Å². The molecule has 0 atom stereocenters. The maximum atomic E-state index is 5.96. The molecule has 0 aliphatic carbocycles. The number of fused-ring (bicyclic) bond motifs is 1. The minimum absolute atomic E-state index is 0.315. The molecule has 140 valence electrons. The van der Waals surface area contributed by atoms with Crippen LogP contribution >= 0.6 is 0 Å². The van der Waals surface area contributed by atoms with Crippen LogP contribution in [0.3, 0.4) is 0 Å². The van der Waals surface area contributed by atoms with Crippen molar-refractivity contribution in [3.8, 4) is 0 Å². The van der Waals surface area contributed by atoms with Crippen molar-refractivity contribution in [2.45, 2.75) is 6.54 Å². The van der Waals surface area contributed by atoms with Crippen LogP contribution in [0.25, 0.3) is 11.2 Å². The summed E-state index contributed by atoms with van der Waals surface area (Å²) in [5.41, 5.74) is 14.8. The summed E-state index contributed by atoms with van der Waals surface area (Å²) >= 11 is 0. The molecule has 3 aromatic rings. The molecule has 0 saturated heterocycles. The number of imidazole rings is 1. The van der Waals surface area contributed by atoms with Gasteiger partial charge >= 0.3 is 0 Å². The lowest BCUT2D eigenvalue weighted by atomic mass is 10.2. The molecule has 0 unspecified atom stereocenters. The average molecular weight is 366 g/mol. The Morgan fingerprint density at radius 2 is 2.26 bits per heavy atom. The van der Waals surface area contributed by atoms with Gasteiger partial charge in [0.1, 0.15) is 5.65 Å². The summed E-state index contributed by atoms with van der Waals surface area (Å²) in [6.07, 6.45) is 10.3. The van der Waals surface area contributed by atoms with E-state index in [9.17, 15) is 0 Å². The van der Waals surface area contributed by atoms with Crippen LogP contribution in [-0.4, -0.2) is 45.8 Å². The third-order valence-corrected chi connectivity index (χ3v) is 3.84. The molecule has 0 aliphatic heterocycles. The predicted molar refractivity (Wildman–Crippen MR) is 106 cm³/mol. The lowest BCUT2D eigenvalue weighted by Gasteiger charge is -2.10. The van der Waals surface area contributed by atoms with Crippen LogP contribution in [0.15, 0.2) is 48.1 Å². The second-order valence-corrected chi connectivity index (χ2v) is 5.72. The molecular weight excluding hydrogens is 344 g/mol. The first kappa shape index (κ1) is 18.3. The fraction of sp³-hybridized carbons (Fsp3) is 0.222. The van der Waals surface area contributed by atoms with Crippen molar-refractivity contribution < 1.29 is 4.74 Å². The Morgan fingerprint density at radius 1 is 1.37 bits per heavy atom. The highest BCUT2D eigenvalue weighted by molar-refractivity contribution is 6.08. The molecule has 0 aliphatic rings. The Balaban J connectivity index is 1.73. The van der Waals surface area contributed by atoms with Crippen molar-refractivity contribution in [1.82, 2.24) is 19.4 Å². The maximum absolute atomic E-state index is 5.96. The fourth-order valence-corrected chi connectivity index (χ4v) is 2.43. The van der Waals surface area contributed by atoms with E-state index in [1.807, 2.05) is 28.9 Å². The van der Waals surface area contributed by atoms with E-state index in [-0.39, 0.29) is 0 Å². The highest BCUT2D eigenvalue weighted by Crippen LogP contribution is 2.17. The quantitative estimate of drug-likeness (QED) is 0.405. The number of hydrogen-bond acceptors (Lipinski definition) is 8. The van der Waals surface area contributed by atoms with Crippen molar-refractivity contribution in [3.05, 3.63) is 54.4 Å². The van der Waals surface area contributed by atoms with Gasteiger partial charge in [-0.2, -0.15) is 0 Å². The first-order chi connectivity index (χ1) is 13.2. The van der Waals surface area contributed by atoms with E-state index >= 15 is 0 Å². The summed E-state index contributed by atoms with van der Waals surface area (Å²) in [4.78, 5) is 17.2. The summed E-state index contributed by atoms with van der Waals surface area (Å²) in [6, 6.07) is 3.95. The normalized spacial score (nSPS) is 12.1. The SMILES string of the molecule is COCCN=CC(=CN)c1cnc(N)c(NCc2ccc3nccn3c2)n1. The van der Waals surface area contributed by atoms with E-state index < -0.39 is 0 Å². The third kappa shape index (κ3) is 4.59. The first-order valence-corrected chi connectivity index (χ1v) is 8.40. The number of nitrogen functional groups attached to an aromatic ring is 1. The van der Waals surface area contributed by atoms with Gasteiger partial charge in [-0.05, 0) is 11.6 Å². The van der Waals surface area contributed by atoms with Gasteiger partial charge in [-0.15, -0.1) is 0 Å². The van der Waals surface area contributed by atoms with E-state index in [0.29, 0.717) is 42.6 Å². The molecule has 3 heterocycles. The van der Waals surface area contributed by atoms with Crippen molar-refractivity contribution in [2.75, 3.05) is 31.3 Å². The number of rotatable bonds is 8. The summed E-state index contributed by atoms with van der Waals surface area (Å²) < 4.78 is 6.92. The van der Waals surface area contributed by atoms with Crippen LogP contribution in [0.5, 0.6) is 0 Å². The van der Waals surface area contributed by atoms with Gasteiger partial charge in [0.25, 0.3) is 0 Å². The lowest BCUT2D eigenvalue weighted by molar-refractivity contribution is 0.208. The minimum atomic E-state index is 0.315. The number of ether oxygens (including phenoxy) is 1. The van der Waals surface area contributed by atoms with Gasteiger partial charge in [0.2, 0.25) is 0 Å². The van der Waals surface area contributed by atoms with Crippen LogP contribution < -0.4 is 16.8 Å². The Kier molecular flexibility index (Phi) is 5.95. The number of nitrogens with zero attached hydrogens (tertiary/aromatic N) is 5. The summed E-state index contributed by atoms with van der Waals surface area (Å²) in [7, 11) is 1.63. The Morgan fingerprint density at radius 3 is 3.07 bits per heavy atom.